The van der Waals surface area contributed by atoms with Gasteiger partial charge in [0.05, 0.1) is 11.8 Å². The molecule has 0 bridgehead atoms. The molecule has 0 atom stereocenters. The number of Topliss-reactive ketones (excluding diaryl/α,β-unsaturated/α-hetero) is 1. The van der Waals surface area contributed by atoms with Crippen LogP contribution in [0.5, 0.6) is 0 Å². The molecule has 0 spiro atoms. The zero-order chi connectivity index (χ0) is 14.8. The molecule has 0 saturated heterocycles. The minimum atomic E-state index is -0.463. The van der Waals surface area contributed by atoms with E-state index >= 15 is 0 Å². The molecule has 0 aliphatic heterocycles. The lowest BCUT2D eigenvalue weighted by Crippen LogP contribution is -2.07. The molecular weight excluding hydrogens is 271 g/mol. The Kier molecular flexibility index (Phi) is 3.36. The molecule has 0 fully saturated rings. The number of hydrogen-bond acceptors (Lipinski definition) is 3. The first-order valence-corrected chi connectivity index (χ1v) is 6.44. The molecule has 0 unspecified atom stereocenters. The molecule has 21 heavy (non-hydrogen) atoms. The Bertz CT molecular complexity index is 863. The molecule has 0 aliphatic carbocycles. The Morgan fingerprint density at radius 3 is 2.52 bits per heavy atom. The second kappa shape index (κ2) is 5.32. The van der Waals surface area contributed by atoms with Crippen LogP contribution in [0, 0.1) is 5.82 Å². The summed E-state index contributed by atoms with van der Waals surface area (Å²) < 4.78 is 18.0. The molecule has 0 aliphatic rings. The molecule has 2 aromatic carbocycles. The summed E-state index contributed by atoms with van der Waals surface area (Å²) >= 11 is 0. The normalized spacial score (nSPS) is 10.7. The van der Waals surface area contributed by atoms with Gasteiger partial charge in [-0.1, -0.05) is 18.2 Å². The maximum atomic E-state index is 12.8. The fourth-order valence-corrected chi connectivity index (χ4v) is 2.17. The van der Waals surface area contributed by atoms with Gasteiger partial charge < -0.3 is 4.42 Å². The standard InChI is InChI=1S/C17H11FO3/c18-13-7-5-11(6-8-13)16(19)10-14-9-12-3-1-2-4-15(12)17(20)21-14/h1-9H,10H2. The molecule has 0 saturated carbocycles. The van der Waals surface area contributed by atoms with E-state index < -0.39 is 11.4 Å². The van der Waals surface area contributed by atoms with E-state index in [0.717, 1.165) is 5.39 Å². The predicted octanol–water partition coefficient (Wildman–Crippen LogP) is 3.36. The third-order valence-corrected chi connectivity index (χ3v) is 3.22. The van der Waals surface area contributed by atoms with Crippen LogP contribution in [-0.2, 0) is 6.42 Å². The Balaban J connectivity index is 1.93. The lowest BCUT2D eigenvalue weighted by Gasteiger charge is -2.02. The molecule has 3 nitrogen and oxygen atoms in total. The first-order valence-electron chi connectivity index (χ1n) is 6.44. The fourth-order valence-electron chi connectivity index (χ4n) is 2.17. The number of carbonyl (C=O) groups excluding carboxylic acids is 1. The van der Waals surface area contributed by atoms with Crippen LogP contribution in [0.2, 0.25) is 0 Å². The molecule has 1 heterocycles. The summed E-state index contributed by atoms with van der Waals surface area (Å²) in [6.07, 6.45) is -0.0360. The summed E-state index contributed by atoms with van der Waals surface area (Å²) in [5.74, 6) is -0.328. The second-order valence-corrected chi connectivity index (χ2v) is 4.69. The molecule has 0 N–H and O–H groups in total. The summed E-state index contributed by atoms with van der Waals surface area (Å²) in [4.78, 5) is 23.9. The van der Waals surface area contributed by atoms with Crippen LogP contribution in [-0.4, -0.2) is 5.78 Å². The predicted molar refractivity (Wildman–Crippen MR) is 76.9 cm³/mol. The molecule has 3 aromatic rings. The van der Waals surface area contributed by atoms with Crippen molar-refractivity contribution in [1.82, 2.24) is 0 Å². The highest BCUT2D eigenvalue weighted by Crippen LogP contribution is 2.14. The summed E-state index contributed by atoms with van der Waals surface area (Å²) in [7, 11) is 0. The van der Waals surface area contributed by atoms with Gasteiger partial charge in [-0.15, -0.1) is 0 Å². The summed E-state index contributed by atoms with van der Waals surface area (Å²) in [5, 5.41) is 1.21. The Morgan fingerprint density at radius 1 is 1.05 bits per heavy atom. The topological polar surface area (TPSA) is 47.3 Å². The van der Waals surface area contributed by atoms with Crippen LogP contribution in [0.4, 0.5) is 4.39 Å². The van der Waals surface area contributed by atoms with Crippen LogP contribution < -0.4 is 5.63 Å². The van der Waals surface area contributed by atoms with Gasteiger partial charge in [0, 0.05) is 5.56 Å². The van der Waals surface area contributed by atoms with Gasteiger partial charge >= 0.3 is 5.63 Å². The number of hydrogen-bond donors (Lipinski definition) is 0. The second-order valence-electron chi connectivity index (χ2n) is 4.69. The SMILES string of the molecule is O=C(Cc1cc2ccccc2c(=O)o1)c1ccc(F)cc1. The Labute approximate surface area is 119 Å². The largest absolute Gasteiger partial charge is 0.427 e. The number of rotatable bonds is 3. The highest BCUT2D eigenvalue weighted by atomic mass is 19.1. The maximum absolute atomic E-state index is 12.8. The van der Waals surface area contributed by atoms with Crippen LogP contribution in [0.1, 0.15) is 16.1 Å². The highest BCUT2D eigenvalue weighted by molar-refractivity contribution is 5.97. The fraction of sp³-hybridized carbons (Fsp3) is 0.0588. The van der Waals surface area contributed by atoms with Gasteiger partial charge in [-0.25, -0.2) is 9.18 Å². The van der Waals surface area contributed by atoms with Crippen LogP contribution in [0.25, 0.3) is 10.8 Å². The third-order valence-electron chi connectivity index (χ3n) is 3.22. The van der Waals surface area contributed by atoms with Gasteiger partial charge in [0.1, 0.15) is 11.6 Å². The van der Waals surface area contributed by atoms with Crippen molar-refractivity contribution in [2.24, 2.45) is 0 Å². The smallest absolute Gasteiger partial charge is 0.343 e. The van der Waals surface area contributed by atoms with E-state index in [0.29, 0.717) is 16.7 Å². The lowest BCUT2D eigenvalue weighted by molar-refractivity contribution is 0.0986. The highest BCUT2D eigenvalue weighted by Gasteiger charge is 2.11. The molecule has 1 aromatic heterocycles. The molecular formula is C17H11FO3. The Morgan fingerprint density at radius 2 is 1.76 bits per heavy atom. The van der Waals surface area contributed by atoms with Gasteiger partial charge in [0.2, 0.25) is 0 Å². The summed E-state index contributed by atoms with van der Waals surface area (Å²) in [6, 6.07) is 14.0. The molecule has 104 valence electrons. The first-order chi connectivity index (χ1) is 10.1. The molecule has 0 radical (unpaired) electrons. The lowest BCUT2D eigenvalue weighted by atomic mass is 10.1. The number of ketones is 1. The maximum Gasteiger partial charge on any atom is 0.343 e. The van der Waals surface area contributed by atoms with E-state index in [-0.39, 0.29) is 12.2 Å². The van der Waals surface area contributed by atoms with E-state index in [1.54, 1.807) is 24.3 Å². The zero-order valence-corrected chi connectivity index (χ0v) is 11.0. The average Bonchev–Trinajstić information content (AvgIpc) is 2.48. The van der Waals surface area contributed by atoms with Crippen molar-refractivity contribution in [2.75, 3.05) is 0 Å². The van der Waals surface area contributed by atoms with E-state index in [1.807, 2.05) is 6.07 Å². The van der Waals surface area contributed by atoms with Crippen LogP contribution in [0.3, 0.4) is 0 Å². The molecule has 0 amide bonds. The monoisotopic (exact) mass is 282 g/mol. The van der Waals surface area contributed by atoms with Crippen molar-refractivity contribution in [1.29, 1.82) is 0 Å². The van der Waals surface area contributed by atoms with Crippen molar-refractivity contribution in [3.63, 3.8) is 0 Å². The number of halogens is 1. The van der Waals surface area contributed by atoms with Crippen molar-refractivity contribution < 1.29 is 13.6 Å². The average molecular weight is 282 g/mol. The van der Waals surface area contributed by atoms with E-state index in [9.17, 15) is 14.0 Å². The van der Waals surface area contributed by atoms with Crippen molar-refractivity contribution >= 4 is 16.6 Å². The minimum Gasteiger partial charge on any atom is -0.427 e. The zero-order valence-electron chi connectivity index (χ0n) is 11.0. The quantitative estimate of drug-likeness (QED) is 0.692. The van der Waals surface area contributed by atoms with E-state index in [2.05, 4.69) is 0 Å². The van der Waals surface area contributed by atoms with E-state index in [4.69, 9.17) is 4.42 Å². The van der Waals surface area contributed by atoms with Gasteiger partial charge in [0.15, 0.2) is 5.78 Å². The van der Waals surface area contributed by atoms with Gasteiger partial charge in [0.25, 0.3) is 0 Å². The number of fused-ring (bicyclic) bond motifs is 1. The van der Waals surface area contributed by atoms with Gasteiger partial charge in [-0.3, -0.25) is 4.79 Å². The third kappa shape index (κ3) is 2.74. The van der Waals surface area contributed by atoms with Crippen molar-refractivity contribution in [3.05, 3.63) is 82.2 Å². The minimum absolute atomic E-state index is 0.0360. The van der Waals surface area contributed by atoms with Gasteiger partial charge in [-0.05, 0) is 41.8 Å². The summed E-state index contributed by atoms with van der Waals surface area (Å²) in [5.41, 5.74) is -0.0813. The van der Waals surface area contributed by atoms with Crippen molar-refractivity contribution in [2.45, 2.75) is 6.42 Å². The molecule has 4 heteroatoms. The van der Waals surface area contributed by atoms with Crippen LogP contribution in [0.15, 0.2) is 63.8 Å². The summed E-state index contributed by atoms with van der Waals surface area (Å²) in [6.45, 7) is 0. The van der Waals surface area contributed by atoms with Crippen molar-refractivity contribution in [3.8, 4) is 0 Å². The molecule has 3 rings (SSSR count). The first kappa shape index (κ1) is 13.2. The Hall–Kier alpha value is -2.75. The number of carbonyl (C=O) groups is 1. The van der Waals surface area contributed by atoms with Gasteiger partial charge in [-0.2, -0.15) is 0 Å². The van der Waals surface area contributed by atoms with E-state index in [1.165, 1.54) is 24.3 Å². The van der Waals surface area contributed by atoms with Crippen LogP contribution >= 0.6 is 0 Å². The number of benzene rings is 2.